The van der Waals surface area contributed by atoms with Crippen LogP contribution < -0.4 is 4.90 Å². The van der Waals surface area contributed by atoms with E-state index in [9.17, 15) is 18.8 Å². The number of carbonyl (C=O) groups is 3. The van der Waals surface area contributed by atoms with Gasteiger partial charge in [0, 0.05) is 11.9 Å². The van der Waals surface area contributed by atoms with Crippen LogP contribution >= 0.6 is 0 Å². The lowest BCUT2D eigenvalue weighted by Crippen LogP contribution is -2.37. The molecule has 0 spiro atoms. The molecule has 1 aromatic carbocycles. The molecular formula is C16H14FN3O3. The van der Waals surface area contributed by atoms with Crippen molar-refractivity contribution in [2.45, 2.75) is 13.0 Å². The quantitative estimate of drug-likeness (QED) is 0.694. The van der Waals surface area contributed by atoms with Crippen LogP contribution in [-0.4, -0.2) is 40.2 Å². The second kappa shape index (κ2) is 5.68. The predicted molar refractivity (Wildman–Crippen MR) is 80.6 cm³/mol. The Hall–Kier alpha value is -2.96. The molecule has 0 radical (unpaired) electrons. The van der Waals surface area contributed by atoms with Crippen molar-refractivity contribution in [3.63, 3.8) is 0 Å². The van der Waals surface area contributed by atoms with Crippen LogP contribution in [0.3, 0.4) is 0 Å². The standard InChI is InChI=1S/C16H14FN3O3/c1-10-15(22)19(9-14(21)13-3-2-8-18-13)16(23)20(10)12-6-4-11(17)5-7-12/h2-8,10,18H,9H2,1H3/t10-/m1/s1. The minimum Gasteiger partial charge on any atom is -0.359 e. The molecule has 1 aromatic heterocycles. The molecule has 3 amide bonds. The number of anilines is 1. The van der Waals surface area contributed by atoms with Crippen LogP contribution in [0.5, 0.6) is 0 Å². The number of nitrogens with one attached hydrogen (secondary N) is 1. The predicted octanol–water partition coefficient (Wildman–Crippen LogP) is 2.19. The number of ketones is 1. The average molecular weight is 315 g/mol. The summed E-state index contributed by atoms with van der Waals surface area (Å²) < 4.78 is 13.0. The first-order valence-electron chi connectivity index (χ1n) is 7.06. The van der Waals surface area contributed by atoms with E-state index in [1.165, 1.54) is 29.2 Å². The lowest BCUT2D eigenvalue weighted by Gasteiger charge is -2.19. The van der Waals surface area contributed by atoms with Crippen molar-refractivity contribution in [3.05, 3.63) is 54.1 Å². The Morgan fingerprint density at radius 1 is 1.22 bits per heavy atom. The first-order chi connectivity index (χ1) is 11.0. The average Bonchev–Trinajstić information content (AvgIpc) is 3.13. The van der Waals surface area contributed by atoms with Crippen LogP contribution in [0.1, 0.15) is 17.4 Å². The maximum atomic E-state index is 13.0. The summed E-state index contributed by atoms with van der Waals surface area (Å²) in [5, 5.41) is 0. The van der Waals surface area contributed by atoms with E-state index in [0.717, 1.165) is 4.90 Å². The van der Waals surface area contributed by atoms with E-state index in [1.54, 1.807) is 25.3 Å². The topological polar surface area (TPSA) is 73.5 Å². The normalized spacial score (nSPS) is 17.9. The molecule has 0 bridgehead atoms. The minimum absolute atomic E-state index is 0.332. The Bertz CT molecular complexity index is 755. The molecule has 1 aliphatic heterocycles. The summed E-state index contributed by atoms with van der Waals surface area (Å²) in [6, 6.07) is 7.18. The van der Waals surface area contributed by atoms with E-state index in [0.29, 0.717) is 11.4 Å². The molecule has 23 heavy (non-hydrogen) atoms. The molecule has 3 rings (SSSR count). The van der Waals surface area contributed by atoms with Gasteiger partial charge in [-0.15, -0.1) is 0 Å². The zero-order valence-electron chi connectivity index (χ0n) is 12.3. The van der Waals surface area contributed by atoms with E-state index < -0.39 is 23.8 Å². The number of rotatable bonds is 4. The van der Waals surface area contributed by atoms with Crippen molar-refractivity contribution < 1.29 is 18.8 Å². The van der Waals surface area contributed by atoms with Crippen LogP contribution in [0.25, 0.3) is 0 Å². The number of carbonyl (C=O) groups excluding carboxylic acids is 3. The van der Waals surface area contributed by atoms with E-state index in [-0.39, 0.29) is 12.3 Å². The molecule has 1 saturated heterocycles. The second-order valence-electron chi connectivity index (χ2n) is 5.24. The first-order valence-corrected chi connectivity index (χ1v) is 7.06. The summed E-state index contributed by atoms with van der Waals surface area (Å²) in [6.45, 7) is 1.24. The molecule has 0 saturated carbocycles. The van der Waals surface area contributed by atoms with E-state index >= 15 is 0 Å². The number of imide groups is 1. The van der Waals surface area contributed by atoms with Gasteiger partial charge in [0.05, 0.1) is 12.2 Å². The van der Waals surface area contributed by atoms with Crippen molar-refractivity contribution in [3.8, 4) is 0 Å². The third kappa shape index (κ3) is 2.61. The molecule has 6 nitrogen and oxygen atoms in total. The number of aromatic amines is 1. The number of amides is 3. The van der Waals surface area contributed by atoms with Gasteiger partial charge >= 0.3 is 6.03 Å². The monoisotopic (exact) mass is 315 g/mol. The van der Waals surface area contributed by atoms with E-state index in [2.05, 4.69) is 4.98 Å². The molecule has 0 aliphatic carbocycles. The van der Waals surface area contributed by atoms with Crippen LogP contribution in [0.2, 0.25) is 0 Å². The third-order valence-electron chi connectivity index (χ3n) is 3.75. The number of nitrogens with zero attached hydrogens (tertiary/aromatic N) is 2. The number of halogens is 1. The van der Waals surface area contributed by atoms with Gasteiger partial charge in [-0.2, -0.15) is 0 Å². The van der Waals surface area contributed by atoms with Crippen molar-refractivity contribution in [1.29, 1.82) is 0 Å². The van der Waals surface area contributed by atoms with Crippen LogP contribution in [0.15, 0.2) is 42.6 Å². The zero-order chi connectivity index (χ0) is 16.6. The Morgan fingerprint density at radius 3 is 2.52 bits per heavy atom. The Kier molecular flexibility index (Phi) is 3.69. The van der Waals surface area contributed by atoms with Crippen LogP contribution in [0, 0.1) is 5.82 Å². The van der Waals surface area contributed by atoms with Gasteiger partial charge in [-0.05, 0) is 43.3 Å². The smallest absolute Gasteiger partial charge is 0.332 e. The molecule has 2 heterocycles. The van der Waals surface area contributed by atoms with Gasteiger partial charge in [-0.25, -0.2) is 9.18 Å². The maximum absolute atomic E-state index is 13.0. The largest absolute Gasteiger partial charge is 0.359 e. The van der Waals surface area contributed by atoms with Crippen molar-refractivity contribution >= 4 is 23.4 Å². The molecule has 2 aromatic rings. The highest BCUT2D eigenvalue weighted by molar-refractivity contribution is 6.16. The van der Waals surface area contributed by atoms with E-state index in [1.807, 2.05) is 0 Å². The summed E-state index contributed by atoms with van der Waals surface area (Å²) in [4.78, 5) is 41.8. The zero-order valence-corrected chi connectivity index (χ0v) is 12.3. The summed E-state index contributed by atoms with van der Waals surface area (Å²) >= 11 is 0. The minimum atomic E-state index is -0.746. The number of Topliss-reactive ketones (excluding diaryl/α,β-unsaturated/α-hetero) is 1. The summed E-state index contributed by atoms with van der Waals surface area (Å²) in [5.74, 6) is -1.25. The lowest BCUT2D eigenvalue weighted by atomic mass is 10.2. The van der Waals surface area contributed by atoms with Crippen LogP contribution in [-0.2, 0) is 4.79 Å². The van der Waals surface area contributed by atoms with Gasteiger partial charge in [-0.3, -0.25) is 19.4 Å². The maximum Gasteiger partial charge on any atom is 0.332 e. The molecule has 1 N–H and O–H groups in total. The highest BCUT2D eigenvalue weighted by Gasteiger charge is 2.44. The fourth-order valence-corrected chi connectivity index (χ4v) is 2.54. The third-order valence-corrected chi connectivity index (χ3v) is 3.75. The second-order valence-corrected chi connectivity index (χ2v) is 5.24. The van der Waals surface area contributed by atoms with Gasteiger partial charge in [0.15, 0.2) is 5.78 Å². The molecular weight excluding hydrogens is 301 g/mol. The number of urea groups is 1. The van der Waals surface area contributed by atoms with Crippen molar-refractivity contribution in [1.82, 2.24) is 9.88 Å². The van der Waals surface area contributed by atoms with Gasteiger partial charge < -0.3 is 4.98 Å². The molecule has 0 unspecified atom stereocenters. The Labute approximate surface area is 131 Å². The number of hydrogen-bond acceptors (Lipinski definition) is 3. The van der Waals surface area contributed by atoms with E-state index in [4.69, 9.17) is 0 Å². The molecule has 1 atom stereocenters. The molecule has 1 fully saturated rings. The number of H-pyrrole nitrogens is 1. The Balaban J connectivity index is 1.83. The highest BCUT2D eigenvalue weighted by atomic mass is 19.1. The summed E-state index contributed by atoms with van der Waals surface area (Å²) in [7, 11) is 0. The number of hydrogen-bond donors (Lipinski definition) is 1. The number of aromatic nitrogens is 1. The van der Waals surface area contributed by atoms with Gasteiger partial charge in [0.2, 0.25) is 0 Å². The summed E-state index contributed by atoms with van der Waals surface area (Å²) in [6.07, 6.45) is 1.59. The Morgan fingerprint density at radius 2 is 1.91 bits per heavy atom. The van der Waals surface area contributed by atoms with Crippen molar-refractivity contribution in [2.24, 2.45) is 0 Å². The number of benzene rings is 1. The fourth-order valence-electron chi connectivity index (χ4n) is 2.54. The SMILES string of the molecule is C[C@@H]1C(=O)N(CC(=O)c2ccc[nH]2)C(=O)N1c1ccc(F)cc1. The lowest BCUT2D eigenvalue weighted by molar-refractivity contribution is -0.126. The summed E-state index contributed by atoms with van der Waals surface area (Å²) in [5.41, 5.74) is 0.741. The van der Waals surface area contributed by atoms with Gasteiger partial charge in [0.25, 0.3) is 5.91 Å². The van der Waals surface area contributed by atoms with Crippen molar-refractivity contribution in [2.75, 3.05) is 11.4 Å². The highest BCUT2D eigenvalue weighted by Crippen LogP contribution is 2.26. The first kappa shape index (κ1) is 15.0. The molecule has 7 heteroatoms. The van der Waals surface area contributed by atoms with Gasteiger partial charge in [-0.1, -0.05) is 0 Å². The fraction of sp³-hybridized carbons (Fsp3) is 0.188. The van der Waals surface area contributed by atoms with Crippen LogP contribution in [0.4, 0.5) is 14.9 Å². The molecule has 118 valence electrons. The molecule has 1 aliphatic rings. The van der Waals surface area contributed by atoms with Gasteiger partial charge in [0.1, 0.15) is 11.9 Å².